The SMILES string of the molecule is CC(NCC1CN(Cc2cccc(F)c2F)C(=O)CO1)c1cccc2ccccc12. The molecule has 1 aliphatic heterocycles. The van der Waals surface area contributed by atoms with Gasteiger partial charge in [-0.2, -0.15) is 0 Å². The van der Waals surface area contributed by atoms with Gasteiger partial charge in [0.25, 0.3) is 0 Å². The summed E-state index contributed by atoms with van der Waals surface area (Å²) in [4.78, 5) is 13.7. The molecule has 1 saturated heterocycles. The van der Waals surface area contributed by atoms with Crippen LogP contribution in [0.15, 0.2) is 60.7 Å². The minimum atomic E-state index is -0.907. The zero-order valence-corrected chi connectivity index (χ0v) is 16.8. The largest absolute Gasteiger partial charge is 0.365 e. The predicted molar refractivity (Wildman–Crippen MR) is 112 cm³/mol. The van der Waals surface area contributed by atoms with Crippen LogP contribution in [0.3, 0.4) is 0 Å². The number of hydrogen-bond donors (Lipinski definition) is 1. The number of carbonyl (C=O) groups is 1. The number of rotatable bonds is 6. The Kier molecular flexibility index (Phi) is 6.06. The van der Waals surface area contributed by atoms with Gasteiger partial charge in [-0.25, -0.2) is 8.78 Å². The van der Waals surface area contributed by atoms with Crippen molar-refractivity contribution in [1.82, 2.24) is 10.2 Å². The van der Waals surface area contributed by atoms with Crippen LogP contribution in [0.1, 0.15) is 24.1 Å². The molecule has 0 aliphatic carbocycles. The Morgan fingerprint density at radius 2 is 1.87 bits per heavy atom. The maximum atomic E-state index is 14.0. The maximum absolute atomic E-state index is 14.0. The number of ether oxygens (including phenoxy) is 1. The minimum Gasteiger partial charge on any atom is -0.365 e. The molecule has 3 aromatic carbocycles. The minimum absolute atomic E-state index is 0.0289. The summed E-state index contributed by atoms with van der Waals surface area (Å²) in [5, 5.41) is 5.87. The Balaban J connectivity index is 1.40. The molecule has 0 radical (unpaired) electrons. The van der Waals surface area contributed by atoms with Crippen molar-refractivity contribution in [1.29, 1.82) is 0 Å². The van der Waals surface area contributed by atoms with Gasteiger partial charge in [-0.3, -0.25) is 4.79 Å². The van der Waals surface area contributed by atoms with Gasteiger partial charge < -0.3 is 15.0 Å². The van der Waals surface area contributed by atoms with Crippen molar-refractivity contribution < 1.29 is 18.3 Å². The number of halogens is 2. The highest BCUT2D eigenvalue weighted by Crippen LogP contribution is 2.24. The molecule has 1 fully saturated rings. The van der Waals surface area contributed by atoms with E-state index in [2.05, 4.69) is 36.5 Å². The summed E-state index contributed by atoms with van der Waals surface area (Å²) in [5.41, 5.74) is 1.36. The lowest BCUT2D eigenvalue weighted by atomic mass is 9.99. The van der Waals surface area contributed by atoms with Crippen LogP contribution in [-0.2, 0) is 16.1 Å². The van der Waals surface area contributed by atoms with Crippen LogP contribution < -0.4 is 5.32 Å². The summed E-state index contributed by atoms with van der Waals surface area (Å²) in [6, 6.07) is 18.6. The summed E-state index contributed by atoms with van der Waals surface area (Å²) < 4.78 is 33.1. The highest BCUT2D eigenvalue weighted by atomic mass is 19.2. The van der Waals surface area contributed by atoms with Crippen molar-refractivity contribution in [3.63, 3.8) is 0 Å². The van der Waals surface area contributed by atoms with Crippen molar-refractivity contribution in [2.75, 3.05) is 19.7 Å². The van der Waals surface area contributed by atoms with E-state index < -0.39 is 11.6 Å². The Labute approximate surface area is 174 Å². The summed E-state index contributed by atoms with van der Waals surface area (Å²) in [5.74, 6) is -2.04. The number of nitrogens with one attached hydrogen (secondary N) is 1. The third kappa shape index (κ3) is 4.35. The molecular formula is C24H24F2N2O2. The van der Waals surface area contributed by atoms with Crippen molar-refractivity contribution >= 4 is 16.7 Å². The average molecular weight is 410 g/mol. The molecule has 6 heteroatoms. The molecule has 1 N–H and O–H groups in total. The Morgan fingerprint density at radius 1 is 1.10 bits per heavy atom. The van der Waals surface area contributed by atoms with Crippen molar-refractivity contribution in [3.8, 4) is 0 Å². The molecule has 3 aromatic rings. The summed E-state index contributed by atoms with van der Waals surface area (Å²) in [7, 11) is 0. The van der Waals surface area contributed by atoms with Crippen molar-refractivity contribution in [2.45, 2.75) is 25.6 Å². The molecule has 4 nitrogen and oxygen atoms in total. The van der Waals surface area contributed by atoms with Crippen LogP contribution in [0.5, 0.6) is 0 Å². The van der Waals surface area contributed by atoms with E-state index in [-0.39, 0.29) is 36.8 Å². The second-order valence-corrected chi connectivity index (χ2v) is 7.62. The molecule has 4 rings (SSSR count). The lowest BCUT2D eigenvalue weighted by molar-refractivity contribution is -0.149. The first kappa shape index (κ1) is 20.4. The summed E-state index contributed by atoms with van der Waals surface area (Å²) in [6.45, 7) is 2.92. The molecule has 1 aliphatic rings. The van der Waals surface area contributed by atoms with Gasteiger partial charge in [0.05, 0.1) is 6.10 Å². The van der Waals surface area contributed by atoms with Crippen LogP contribution in [0, 0.1) is 11.6 Å². The van der Waals surface area contributed by atoms with Gasteiger partial charge in [-0.15, -0.1) is 0 Å². The molecule has 2 atom stereocenters. The third-order valence-corrected chi connectivity index (χ3v) is 5.55. The number of fused-ring (bicyclic) bond motifs is 1. The standard InChI is InChI=1S/C24H24F2N2O2/c1-16(20-10-4-7-17-6-2-3-9-21(17)20)27-12-19-14-28(23(29)15-30-19)13-18-8-5-11-22(25)24(18)26/h2-11,16,19,27H,12-15H2,1H3. The highest BCUT2D eigenvalue weighted by Gasteiger charge is 2.27. The molecule has 0 aromatic heterocycles. The van der Waals surface area contributed by atoms with E-state index in [1.54, 1.807) is 0 Å². The van der Waals surface area contributed by atoms with Gasteiger partial charge >= 0.3 is 0 Å². The Hall–Kier alpha value is -2.83. The van der Waals surface area contributed by atoms with E-state index >= 15 is 0 Å². The lowest BCUT2D eigenvalue weighted by Crippen LogP contribution is -2.49. The molecular weight excluding hydrogens is 386 g/mol. The third-order valence-electron chi connectivity index (χ3n) is 5.55. The van der Waals surface area contributed by atoms with E-state index in [4.69, 9.17) is 4.74 Å². The van der Waals surface area contributed by atoms with Crippen LogP contribution in [0.4, 0.5) is 8.78 Å². The van der Waals surface area contributed by atoms with E-state index in [0.29, 0.717) is 13.1 Å². The predicted octanol–water partition coefficient (Wildman–Crippen LogP) is 4.20. The quantitative estimate of drug-likeness (QED) is 0.662. The van der Waals surface area contributed by atoms with Gasteiger partial charge in [0.2, 0.25) is 5.91 Å². The number of hydrogen-bond acceptors (Lipinski definition) is 3. The Bertz CT molecular complexity index is 1050. The monoisotopic (exact) mass is 410 g/mol. The number of morpholine rings is 1. The van der Waals surface area contributed by atoms with Gasteiger partial charge in [-0.1, -0.05) is 54.6 Å². The van der Waals surface area contributed by atoms with Gasteiger partial charge in [0, 0.05) is 31.2 Å². The number of benzene rings is 3. The van der Waals surface area contributed by atoms with Crippen LogP contribution in [-0.4, -0.2) is 36.6 Å². The van der Waals surface area contributed by atoms with Gasteiger partial charge in [-0.05, 0) is 29.3 Å². The molecule has 2 unspecified atom stereocenters. The first-order chi connectivity index (χ1) is 14.5. The first-order valence-corrected chi connectivity index (χ1v) is 10.1. The Morgan fingerprint density at radius 3 is 2.73 bits per heavy atom. The second-order valence-electron chi connectivity index (χ2n) is 7.62. The smallest absolute Gasteiger partial charge is 0.248 e. The number of amides is 1. The molecule has 1 heterocycles. The maximum Gasteiger partial charge on any atom is 0.248 e. The van der Waals surface area contributed by atoms with E-state index in [1.807, 2.05) is 18.2 Å². The van der Waals surface area contributed by atoms with Crippen LogP contribution in [0.2, 0.25) is 0 Å². The van der Waals surface area contributed by atoms with Crippen LogP contribution in [0.25, 0.3) is 10.8 Å². The summed E-state index contributed by atoms with van der Waals surface area (Å²) in [6.07, 6.45) is -0.225. The topological polar surface area (TPSA) is 41.6 Å². The molecule has 1 amide bonds. The lowest BCUT2D eigenvalue weighted by Gasteiger charge is -2.33. The normalized spacial score (nSPS) is 18.0. The zero-order valence-electron chi connectivity index (χ0n) is 16.8. The molecule has 156 valence electrons. The second kappa shape index (κ2) is 8.90. The van der Waals surface area contributed by atoms with E-state index in [9.17, 15) is 13.6 Å². The fourth-order valence-corrected chi connectivity index (χ4v) is 3.88. The van der Waals surface area contributed by atoms with Crippen molar-refractivity contribution in [2.24, 2.45) is 0 Å². The average Bonchev–Trinajstić information content (AvgIpc) is 2.76. The number of nitrogens with zero attached hydrogens (tertiary/aromatic N) is 1. The van der Waals surface area contributed by atoms with Gasteiger partial charge in [0.1, 0.15) is 6.61 Å². The highest BCUT2D eigenvalue weighted by molar-refractivity contribution is 5.86. The molecule has 30 heavy (non-hydrogen) atoms. The number of carbonyl (C=O) groups excluding carboxylic acids is 1. The zero-order chi connectivity index (χ0) is 21.1. The summed E-state index contributed by atoms with van der Waals surface area (Å²) >= 11 is 0. The van der Waals surface area contributed by atoms with Crippen molar-refractivity contribution in [3.05, 3.63) is 83.4 Å². The first-order valence-electron chi connectivity index (χ1n) is 10.1. The fraction of sp³-hybridized carbons (Fsp3) is 0.292. The molecule has 0 spiro atoms. The fourth-order valence-electron chi connectivity index (χ4n) is 3.88. The molecule has 0 saturated carbocycles. The van der Waals surface area contributed by atoms with E-state index in [0.717, 1.165) is 6.07 Å². The van der Waals surface area contributed by atoms with Crippen LogP contribution >= 0.6 is 0 Å². The van der Waals surface area contributed by atoms with E-state index in [1.165, 1.54) is 33.4 Å². The molecule has 0 bridgehead atoms. The van der Waals surface area contributed by atoms with Gasteiger partial charge in [0.15, 0.2) is 11.6 Å².